The molecule has 2 aromatic heterocycles. The minimum atomic E-state index is -0.464. The number of hydrogen-bond acceptors (Lipinski definition) is 11. The predicted octanol–water partition coefficient (Wildman–Crippen LogP) is 4.93. The Balaban J connectivity index is 1.39. The predicted molar refractivity (Wildman–Crippen MR) is 117 cm³/mol. The van der Waals surface area contributed by atoms with Crippen LogP contribution in [0.2, 0.25) is 0 Å². The van der Waals surface area contributed by atoms with Gasteiger partial charge in [0.05, 0.1) is 23.0 Å². The van der Waals surface area contributed by atoms with E-state index in [1.165, 1.54) is 35.2 Å². The van der Waals surface area contributed by atoms with Gasteiger partial charge in [0.25, 0.3) is 5.69 Å². The van der Waals surface area contributed by atoms with Crippen molar-refractivity contribution in [3.63, 3.8) is 0 Å². The standard InChI is InChI=1S/C19H16N6O4S2/c1-2-28-15-9-4-3-8-14(15)20-18-22-23-19(31-18)30-11-16-21-17(24-29-16)12-6-5-7-13(10-12)25(26)27/h3-10H,2,11H2,1H3,(H,20,22). The average molecular weight is 457 g/mol. The first-order valence-electron chi connectivity index (χ1n) is 9.15. The largest absolute Gasteiger partial charge is 0.492 e. The number of ether oxygens (including phenoxy) is 1. The molecule has 0 unspecified atom stereocenters. The maximum atomic E-state index is 10.9. The van der Waals surface area contributed by atoms with Crippen LogP contribution in [0.3, 0.4) is 0 Å². The zero-order valence-corrected chi connectivity index (χ0v) is 17.9. The molecule has 0 atom stereocenters. The highest BCUT2D eigenvalue weighted by Crippen LogP contribution is 2.33. The molecule has 0 saturated heterocycles. The molecule has 31 heavy (non-hydrogen) atoms. The highest BCUT2D eigenvalue weighted by molar-refractivity contribution is 8.00. The van der Waals surface area contributed by atoms with Crippen LogP contribution in [0.15, 0.2) is 57.4 Å². The van der Waals surface area contributed by atoms with Crippen LogP contribution in [0.25, 0.3) is 11.4 Å². The van der Waals surface area contributed by atoms with E-state index in [4.69, 9.17) is 9.26 Å². The van der Waals surface area contributed by atoms with E-state index in [0.29, 0.717) is 34.8 Å². The molecule has 2 aromatic carbocycles. The van der Waals surface area contributed by atoms with Gasteiger partial charge in [-0.05, 0) is 19.1 Å². The zero-order valence-electron chi connectivity index (χ0n) is 16.2. The number of nitro groups is 1. The summed E-state index contributed by atoms with van der Waals surface area (Å²) < 4.78 is 11.6. The molecule has 0 amide bonds. The smallest absolute Gasteiger partial charge is 0.270 e. The summed E-state index contributed by atoms with van der Waals surface area (Å²) in [5.74, 6) is 1.82. The number of anilines is 2. The van der Waals surface area contributed by atoms with E-state index < -0.39 is 4.92 Å². The van der Waals surface area contributed by atoms with Crippen LogP contribution >= 0.6 is 23.1 Å². The number of aromatic nitrogens is 4. The third-order valence-electron chi connectivity index (χ3n) is 3.94. The fraction of sp³-hybridized carbons (Fsp3) is 0.158. The number of nitro benzene ring substituents is 1. The van der Waals surface area contributed by atoms with Crippen LogP contribution in [0.4, 0.5) is 16.5 Å². The third kappa shape index (κ3) is 5.16. The Bertz CT molecular complexity index is 1200. The zero-order chi connectivity index (χ0) is 21.6. The first-order chi connectivity index (χ1) is 15.1. The van der Waals surface area contributed by atoms with Crippen LogP contribution < -0.4 is 10.1 Å². The number of non-ortho nitro benzene ring substituents is 1. The normalized spacial score (nSPS) is 10.7. The molecule has 12 heteroatoms. The second-order valence-electron chi connectivity index (χ2n) is 6.04. The molecule has 10 nitrogen and oxygen atoms in total. The summed E-state index contributed by atoms with van der Waals surface area (Å²) in [7, 11) is 0. The molecule has 0 radical (unpaired) electrons. The van der Waals surface area contributed by atoms with Crippen molar-refractivity contribution >= 4 is 39.6 Å². The highest BCUT2D eigenvalue weighted by Gasteiger charge is 2.14. The van der Waals surface area contributed by atoms with Gasteiger partial charge in [-0.15, -0.1) is 10.2 Å². The Labute approximate surface area is 184 Å². The van der Waals surface area contributed by atoms with Crippen molar-refractivity contribution in [3.05, 3.63) is 64.5 Å². The van der Waals surface area contributed by atoms with Crippen molar-refractivity contribution in [2.24, 2.45) is 0 Å². The molecule has 4 rings (SSSR count). The third-order valence-corrected chi connectivity index (χ3v) is 5.89. The Morgan fingerprint density at radius 3 is 2.94 bits per heavy atom. The molecule has 0 bridgehead atoms. The van der Waals surface area contributed by atoms with Crippen LogP contribution in [-0.4, -0.2) is 31.9 Å². The molecule has 4 aromatic rings. The number of para-hydroxylation sites is 2. The maximum absolute atomic E-state index is 10.9. The lowest BCUT2D eigenvalue weighted by Gasteiger charge is -2.09. The Morgan fingerprint density at radius 2 is 2.10 bits per heavy atom. The summed E-state index contributed by atoms with van der Waals surface area (Å²) in [5.41, 5.74) is 1.30. The number of benzene rings is 2. The van der Waals surface area contributed by atoms with Crippen molar-refractivity contribution in [1.82, 2.24) is 20.3 Å². The van der Waals surface area contributed by atoms with E-state index >= 15 is 0 Å². The molecule has 2 heterocycles. The van der Waals surface area contributed by atoms with Gasteiger partial charge in [0, 0.05) is 17.7 Å². The van der Waals surface area contributed by atoms with Crippen molar-refractivity contribution in [1.29, 1.82) is 0 Å². The molecule has 1 N–H and O–H groups in total. The molecular formula is C19H16N6O4S2. The van der Waals surface area contributed by atoms with Gasteiger partial charge in [0.1, 0.15) is 5.75 Å². The number of hydrogen-bond donors (Lipinski definition) is 1. The molecule has 0 saturated carbocycles. The summed E-state index contributed by atoms with van der Waals surface area (Å²) in [5, 5.41) is 27.0. The van der Waals surface area contributed by atoms with Gasteiger partial charge >= 0.3 is 0 Å². The van der Waals surface area contributed by atoms with Gasteiger partial charge in [-0.25, -0.2) is 0 Å². The number of rotatable bonds is 9. The van der Waals surface area contributed by atoms with Crippen molar-refractivity contribution in [3.8, 4) is 17.1 Å². The fourth-order valence-corrected chi connectivity index (χ4v) is 4.20. The van der Waals surface area contributed by atoms with Gasteiger partial charge in [-0.2, -0.15) is 4.98 Å². The lowest BCUT2D eigenvalue weighted by atomic mass is 10.2. The average Bonchev–Trinajstić information content (AvgIpc) is 3.43. The minimum absolute atomic E-state index is 0.0296. The lowest BCUT2D eigenvalue weighted by Crippen LogP contribution is -1.97. The second kappa shape index (κ2) is 9.53. The first-order valence-corrected chi connectivity index (χ1v) is 10.9. The monoisotopic (exact) mass is 456 g/mol. The Hall–Kier alpha value is -3.51. The summed E-state index contributed by atoms with van der Waals surface area (Å²) in [6.45, 7) is 2.50. The van der Waals surface area contributed by atoms with Crippen molar-refractivity contribution in [2.75, 3.05) is 11.9 Å². The van der Waals surface area contributed by atoms with E-state index in [0.717, 1.165) is 15.8 Å². The van der Waals surface area contributed by atoms with E-state index in [2.05, 4.69) is 25.7 Å². The lowest BCUT2D eigenvalue weighted by molar-refractivity contribution is -0.384. The van der Waals surface area contributed by atoms with Gasteiger partial charge < -0.3 is 14.6 Å². The van der Waals surface area contributed by atoms with Crippen LogP contribution in [0.5, 0.6) is 5.75 Å². The van der Waals surface area contributed by atoms with Crippen LogP contribution in [0.1, 0.15) is 12.8 Å². The fourth-order valence-electron chi connectivity index (χ4n) is 2.60. The number of nitrogens with one attached hydrogen (secondary N) is 1. The van der Waals surface area contributed by atoms with Gasteiger partial charge in [-0.1, -0.05) is 52.5 Å². The molecule has 158 valence electrons. The molecule has 0 aliphatic rings. The van der Waals surface area contributed by atoms with E-state index in [-0.39, 0.29) is 5.69 Å². The van der Waals surface area contributed by atoms with Crippen LogP contribution in [-0.2, 0) is 5.75 Å². The van der Waals surface area contributed by atoms with Crippen molar-refractivity contribution < 1.29 is 14.2 Å². The molecule has 0 aliphatic carbocycles. The van der Waals surface area contributed by atoms with Gasteiger partial charge in [0.15, 0.2) is 4.34 Å². The topological polar surface area (TPSA) is 129 Å². The maximum Gasteiger partial charge on any atom is 0.270 e. The van der Waals surface area contributed by atoms with Gasteiger partial charge in [0.2, 0.25) is 16.8 Å². The van der Waals surface area contributed by atoms with E-state index in [9.17, 15) is 10.1 Å². The number of thioether (sulfide) groups is 1. The summed E-state index contributed by atoms with van der Waals surface area (Å²) in [4.78, 5) is 14.8. The van der Waals surface area contributed by atoms with E-state index in [1.54, 1.807) is 12.1 Å². The van der Waals surface area contributed by atoms with Crippen LogP contribution in [0, 0.1) is 10.1 Å². The highest BCUT2D eigenvalue weighted by atomic mass is 32.2. The first kappa shape index (κ1) is 20.8. The van der Waals surface area contributed by atoms with E-state index in [1.807, 2.05) is 31.2 Å². The molecule has 0 aliphatic heterocycles. The quantitative estimate of drug-likeness (QED) is 0.210. The van der Waals surface area contributed by atoms with Gasteiger partial charge in [-0.3, -0.25) is 10.1 Å². The summed E-state index contributed by atoms with van der Waals surface area (Å²) in [6.07, 6.45) is 0. The molecule has 0 fully saturated rings. The SMILES string of the molecule is CCOc1ccccc1Nc1nnc(SCc2nc(-c3cccc([N+](=O)[O-])c3)no2)s1. The second-order valence-corrected chi connectivity index (χ2v) is 8.24. The number of nitrogens with zero attached hydrogens (tertiary/aromatic N) is 5. The summed E-state index contributed by atoms with van der Waals surface area (Å²) in [6, 6.07) is 13.7. The Kier molecular flexibility index (Phi) is 6.38. The Morgan fingerprint density at radius 1 is 1.23 bits per heavy atom. The van der Waals surface area contributed by atoms with Crippen molar-refractivity contribution in [2.45, 2.75) is 17.0 Å². The summed E-state index contributed by atoms with van der Waals surface area (Å²) >= 11 is 2.80. The minimum Gasteiger partial charge on any atom is -0.492 e. The molecule has 0 spiro atoms. The molecular weight excluding hydrogens is 440 g/mol.